The highest BCUT2D eigenvalue weighted by Gasteiger charge is 2.55. The van der Waals surface area contributed by atoms with Gasteiger partial charge in [-0.1, -0.05) is 36.4 Å². The highest BCUT2D eigenvalue weighted by Crippen LogP contribution is 2.60. The van der Waals surface area contributed by atoms with E-state index in [0.717, 1.165) is 37.3 Å². The molecule has 0 N–H and O–H groups in total. The monoisotopic (exact) mass is 321 g/mol. The molecule has 2 heteroatoms. The lowest BCUT2D eigenvalue weighted by molar-refractivity contribution is -0.157. The first-order valence-corrected chi connectivity index (χ1v) is 9.76. The van der Waals surface area contributed by atoms with Crippen LogP contribution in [-0.2, 0) is 4.79 Å². The number of amides is 1. The predicted octanol–water partition coefficient (Wildman–Crippen LogP) is 4.52. The number of carbonyl (C=O) groups is 1. The van der Waals surface area contributed by atoms with Gasteiger partial charge in [0, 0.05) is 13.1 Å². The molecule has 1 aromatic rings. The van der Waals surface area contributed by atoms with Crippen molar-refractivity contribution >= 4 is 11.5 Å². The Labute approximate surface area is 144 Å². The van der Waals surface area contributed by atoms with Gasteiger partial charge in [-0.25, -0.2) is 0 Å². The number of hydrogen-bond donors (Lipinski definition) is 0. The Hall–Kier alpha value is -1.57. The minimum absolute atomic E-state index is 0.0207. The normalized spacial score (nSPS) is 37.4. The van der Waals surface area contributed by atoms with E-state index in [0.29, 0.717) is 5.91 Å². The van der Waals surface area contributed by atoms with Gasteiger partial charge in [0.1, 0.15) is 0 Å². The summed E-state index contributed by atoms with van der Waals surface area (Å²) in [5, 5.41) is 0. The third-order valence-electron chi connectivity index (χ3n) is 7.13. The van der Waals surface area contributed by atoms with Crippen LogP contribution >= 0.6 is 0 Å². The number of rotatable bonds is 2. The molecule has 126 valence electrons. The lowest BCUT2D eigenvalue weighted by Crippen LogP contribution is -2.55. The largest absolute Gasteiger partial charge is 0.338 e. The van der Waals surface area contributed by atoms with Gasteiger partial charge in [-0.05, 0) is 73.8 Å². The molecule has 6 rings (SSSR count). The van der Waals surface area contributed by atoms with Crippen molar-refractivity contribution in [3.8, 4) is 0 Å². The third-order valence-corrected chi connectivity index (χ3v) is 7.13. The van der Waals surface area contributed by atoms with Crippen LogP contribution in [0.3, 0.4) is 0 Å². The molecule has 1 heterocycles. The molecule has 1 aliphatic heterocycles. The second kappa shape index (κ2) is 5.47. The maximum atomic E-state index is 13.4. The van der Waals surface area contributed by atoms with Gasteiger partial charge in [-0.2, -0.15) is 0 Å². The van der Waals surface area contributed by atoms with E-state index in [4.69, 9.17) is 0 Å². The molecule has 0 atom stereocenters. The Morgan fingerprint density at radius 2 is 1.58 bits per heavy atom. The molecule has 4 fully saturated rings. The number of carbonyl (C=O) groups excluding carboxylic acids is 1. The highest BCUT2D eigenvalue weighted by atomic mass is 16.2. The molecule has 0 aromatic heterocycles. The van der Waals surface area contributed by atoms with Crippen LogP contribution in [0.4, 0.5) is 0 Å². The van der Waals surface area contributed by atoms with Crippen molar-refractivity contribution in [3.63, 3.8) is 0 Å². The van der Waals surface area contributed by atoms with E-state index < -0.39 is 0 Å². The number of hydrogen-bond acceptors (Lipinski definition) is 1. The van der Waals surface area contributed by atoms with Crippen LogP contribution in [0.25, 0.3) is 5.57 Å². The van der Waals surface area contributed by atoms with Crippen LogP contribution < -0.4 is 0 Å². The Bertz CT molecular complexity index is 639. The van der Waals surface area contributed by atoms with Gasteiger partial charge in [0.05, 0.1) is 5.41 Å². The lowest BCUT2D eigenvalue weighted by atomic mass is 9.49. The predicted molar refractivity (Wildman–Crippen MR) is 96.2 cm³/mol. The second-order valence-corrected chi connectivity index (χ2v) is 8.79. The van der Waals surface area contributed by atoms with E-state index in [1.165, 1.54) is 49.7 Å². The fraction of sp³-hybridized carbons (Fsp3) is 0.591. The van der Waals surface area contributed by atoms with Crippen molar-refractivity contribution < 1.29 is 4.79 Å². The standard InChI is InChI=1S/C22H27NO/c24-21(22-13-16-10-17(14-22)12-18(11-16)15-22)23-8-6-20(7-9-23)19-4-2-1-3-5-19/h1-6,16-18H,7-15H2. The van der Waals surface area contributed by atoms with Gasteiger partial charge < -0.3 is 4.90 Å². The molecular formula is C22H27NO. The summed E-state index contributed by atoms with van der Waals surface area (Å²) in [7, 11) is 0. The molecule has 1 amide bonds. The average molecular weight is 321 g/mol. The summed E-state index contributed by atoms with van der Waals surface area (Å²) < 4.78 is 0. The Morgan fingerprint density at radius 3 is 2.12 bits per heavy atom. The maximum Gasteiger partial charge on any atom is 0.229 e. The van der Waals surface area contributed by atoms with Crippen molar-refractivity contribution in [3.05, 3.63) is 42.0 Å². The molecule has 0 spiro atoms. The van der Waals surface area contributed by atoms with Gasteiger partial charge >= 0.3 is 0 Å². The maximum absolute atomic E-state index is 13.4. The lowest BCUT2D eigenvalue weighted by Gasteiger charge is -2.56. The van der Waals surface area contributed by atoms with Crippen LogP contribution in [0.2, 0.25) is 0 Å². The van der Waals surface area contributed by atoms with Crippen molar-refractivity contribution in [1.29, 1.82) is 0 Å². The molecule has 0 radical (unpaired) electrons. The number of nitrogens with zero attached hydrogens (tertiary/aromatic N) is 1. The minimum Gasteiger partial charge on any atom is -0.338 e. The van der Waals surface area contributed by atoms with Crippen LogP contribution in [-0.4, -0.2) is 23.9 Å². The first-order valence-electron chi connectivity index (χ1n) is 9.76. The average Bonchev–Trinajstić information content (AvgIpc) is 2.61. The summed E-state index contributed by atoms with van der Waals surface area (Å²) in [6, 6.07) is 10.6. The fourth-order valence-electron chi connectivity index (χ4n) is 6.48. The molecule has 5 aliphatic rings. The summed E-state index contributed by atoms with van der Waals surface area (Å²) in [4.78, 5) is 15.6. The first-order chi connectivity index (χ1) is 11.7. The van der Waals surface area contributed by atoms with Gasteiger partial charge in [0.2, 0.25) is 5.91 Å². The minimum atomic E-state index is 0.0207. The van der Waals surface area contributed by atoms with Gasteiger partial charge in [0.15, 0.2) is 0 Å². The Balaban J connectivity index is 1.33. The molecule has 4 saturated carbocycles. The van der Waals surface area contributed by atoms with Crippen LogP contribution in [0, 0.1) is 23.2 Å². The highest BCUT2D eigenvalue weighted by molar-refractivity contribution is 5.84. The molecular weight excluding hydrogens is 294 g/mol. The van der Waals surface area contributed by atoms with Gasteiger partial charge in [-0.3, -0.25) is 4.79 Å². The molecule has 4 bridgehead atoms. The Kier molecular flexibility index (Phi) is 3.36. The molecule has 0 saturated heterocycles. The summed E-state index contributed by atoms with van der Waals surface area (Å²) >= 11 is 0. The molecule has 4 aliphatic carbocycles. The first kappa shape index (κ1) is 14.7. The van der Waals surface area contributed by atoms with Gasteiger partial charge in [-0.15, -0.1) is 0 Å². The number of benzene rings is 1. The fourth-order valence-corrected chi connectivity index (χ4v) is 6.48. The molecule has 24 heavy (non-hydrogen) atoms. The summed E-state index contributed by atoms with van der Waals surface area (Å²) in [5.74, 6) is 3.03. The van der Waals surface area contributed by atoms with Crippen LogP contribution in [0.1, 0.15) is 50.5 Å². The Morgan fingerprint density at radius 1 is 0.958 bits per heavy atom. The van der Waals surface area contributed by atoms with Crippen molar-refractivity contribution in [1.82, 2.24) is 4.90 Å². The smallest absolute Gasteiger partial charge is 0.229 e. The van der Waals surface area contributed by atoms with E-state index in [2.05, 4.69) is 41.3 Å². The zero-order chi connectivity index (χ0) is 16.1. The summed E-state index contributed by atoms with van der Waals surface area (Å²) in [6.45, 7) is 1.71. The third kappa shape index (κ3) is 2.34. The summed E-state index contributed by atoms with van der Waals surface area (Å²) in [6.07, 6.45) is 11.1. The van der Waals surface area contributed by atoms with Crippen LogP contribution in [0.15, 0.2) is 36.4 Å². The summed E-state index contributed by atoms with van der Waals surface area (Å²) in [5.41, 5.74) is 2.75. The SMILES string of the molecule is O=C(N1CC=C(c2ccccc2)CC1)C12CC3CC(CC(C3)C1)C2. The molecule has 2 nitrogen and oxygen atoms in total. The molecule has 0 unspecified atom stereocenters. The van der Waals surface area contributed by atoms with E-state index in [-0.39, 0.29) is 5.41 Å². The van der Waals surface area contributed by atoms with E-state index >= 15 is 0 Å². The van der Waals surface area contributed by atoms with E-state index in [9.17, 15) is 4.79 Å². The zero-order valence-corrected chi connectivity index (χ0v) is 14.4. The topological polar surface area (TPSA) is 20.3 Å². The van der Waals surface area contributed by atoms with Crippen molar-refractivity contribution in [2.24, 2.45) is 23.2 Å². The van der Waals surface area contributed by atoms with E-state index in [1.807, 2.05) is 0 Å². The zero-order valence-electron chi connectivity index (χ0n) is 14.4. The van der Waals surface area contributed by atoms with Gasteiger partial charge in [0.25, 0.3) is 0 Å². The quantitative estimate of drug-likeness (QED) is 0.784. The van der Waals surface area contributed by atoms with Crippen LogP contribution in [0.5, 0.6) is 0 Å². The molecule has 1 aromatic carbocycles. The van der Waals surface area contributed by atoms with Crippen molar-refractivity contribution in [2.45, 2.75) is 44.9 Å². The van der Waals surface area contributed by atoms with E-state index in [1.54, 1.807) is 0 Å². The second-order valence-electron chi connectivity index (χ2n) is 8.79. The van der Waals surface area contributed by atoms with Crippen molar-refractivity contribution in [2.75, 3.05) is 13.1 Å².